The van der Waals surface area contributed by atoms with Crippen molar-refractivity contribution in [1.82, 2.24) is 15.4 Å². The van der Waals surface area contributed by atoms with Crippen LogP contribution in [0, 0.1) is 11.7 Å². The largest absolute Gasteiger partial charge is 0.361 e. The van der Waals surface area contributed by atoms with Gasteiger partial charge in [-0.25, -0.2) is 4.39 Å². The summed E-state index contributed by atoms with van der Waals surface area (Å²) in [6.07, 6.45) is 1.34. The Labute approximate surface area is 187 Å². The van der Waals surface area contributed by atoms with Gasteiger partial charge in [-0.15, -0.1) is 0 Å². The molecule has 0 fully saturated rings. The van der Waals surface area contributed by atoms with Gasteiger partial charge in [0.25, 0.3) is 5.91 Å². The fourth-order valence-corrected chi connectivity index (χ4v) is 3.35. The first kappa shape index (κ1) is 23.2. The van der Waals surface area contributed by atoms with Gasteiger partial charge in [0.05, 0.1) is 0 Å². The first-order valence-corrected chi connectivity index (χ1v) is 10.7. The first-order valence-electron chi connectivity index (χ1n) is 10.7. The summed E-state index contributed by atoms with van der Waals surface area (Å²) in [5.41, 5.74) is 2.09. The van der Waals surface area contributed by atoms with Crippen molar-refractivity contribution in [2.45, 2.75) is 32.7 Å². The third-order valence-corrected chi connectivity index (χ3v) is 5.25. The Morgan fingerprint density at radius 1 is 1.09 bits per heavy atom. The number of nitrogens with zero attached hydrogens (tertiary/aromatic N) is 2. The van der Waals surface area contributed by atoms with Crippen molar-refractivity contribution in [2.24, 2.45) is 5.92 Å². The molecule has 0 spiro atoms. The molecule has 0 bridgehead atoms. The van der Waals surface area contributed by atoms with E-state index in [1.54, 1.807) is 11.9 Å². The van der Waals surface area contributed by atoms with Crippen molar-refractivity contribution in [3.63, 3.8) is 0 Å². The number of amides is 2. The summed E-state index contributed by atoms with van der Waals surface area (Å²) in [6.45, 7) is 4.26. The number of carbonyl (C=O) groups is 2. The highest BCUT2D eigenvalue weighted by atomic mass is 19.1. The maximum atomic E-state index is 13.1. The number of hydrogen-bond donors (Lipinski definition) is 1. The Kier molecular flexibility index (Phi) is 7.76. The molecule has 2 aromatic carbocycles. The van der Waals surface area contributed by atoms with Gasteiger partial charge in [-0.05, 0) is 36.6 Å². The van der Waals surface area contributed by atoms with Crippen LogP contribution in [0.2, 0.25) is 0 Å². The number of aryl methyl sites for hydroxylation is 1. The highest BCUT2D eigenvalue weighted by Gasteiger charge is 2.27. The van der Waals surface area contributed by atoms with Crippen LogP contribution in [0.25, 0.3) is 11.3 Å². The zero-order valence-corrected chi connectivity index (χ0v) is 18.5. The van der Waals surface area contributed by atoms with Gasteiger partial charge >= 0.3 is 0 Å². The lowest BCUT2D eigenvalue weighted by molar-refractivity contribution is -0.133. The number of benzene rings is 2. The van der Waals surface area contributed by atoms with Crippen molar-refractivity contribution < 1.29 is 18.5 Å². The monoisotopic (exact) mass is 437 g/mol. The number of halogens is 1. The van der Waals surface area contributed by atoms with Crippen molar-refractivity contribution in [1.29, 1.82) is 0 Å². The van der Waals surface area contributed by atoms with E-state index in [4.69, 9.17) is 4.52 Å². The minimum Gasteiger partial charge on any atom is -0.361 e. The molecular formula is C25H28FN3O3. The molecule has 0 aliphatic carbocycles. The molecule has 1 heterocycles. The number of hydrogen-bond acceptors (Lipinski definition) is 4. The van der Waals surface area contributed by atoms with Gasteiger partial charge in [-0.2, -0.15) is 0 Å². The summed E-state index contributed by atoms with van der Waals surface area (Å²) in [5.74, 6) is -0.328. The molecule has 2 amide bonds. The molecule has 168 valence electrons. The van der Waals surface area contributed by atoms with Crippen LogP contribution in [-0.4, -0.2) is 41.5 Å². The molecule has 7 heteroatoms. The molecule has 32 heavy (non-hydrogen) atoms. The number of likely N-dealkylation sites (N-methyl/N-ethyl adjacent to an activating group) is 1. The highest BCUT2D eigenvalue weighted by Crippen LogP contribution is 2.19. The van der Waals surface area contributed by atoms with Gasteiger partial charge in [0.15, 0.2) is 0 Å². The molecule has 1 aromatic heterocycles. The van der Waals surface area contributed by atoms with Crippen LogP contribution >= 0.6 is 0 Å². The van der Waals surface area contributed by atoms with Gasteiger partial charge in [-0.3, -0.25) is 9.59 Å². The predicted molar refractivity (Wildman–Crippen MR) is 120 cm³/mol. The van der Waals surface area contributed by atoms with Gasteiger partial charge in [0.1, 0.15) is 23.3 Å². The normalized spacial score (nSPS) is 11.9. The molecule has 0 unspecified atom stereocenters. The zero-order chi connectivity index (χ0) is 23.1. The molecule has 6 nitrogen and oxygen atoms in total. The standard InChI is InChI=1S/C25H28FN3O3/c1-17(2)23(27-24(30)19-11-13-20(26)14-12-19)25(31)29(3)15-7-10-21-16-22(28-32-21)18-8-5-4-6-9-18/h4-6,8-9,11-14,16-17,23H,7,10,15H2,1-3H3,(H,27,30)/t23-/m0/s1. The molecule has 1 N–H and O–H groups in total. The van der Waals surface area contributed by atoms with Gasteiger partial charge in [0, 0.05) is 37.2 Å². The second-order valence-electron chi connectivity index (χ2n) is 8.11. The Bertz CT molecular complexity index is 1030. The van der Waals surface area contributed by atoms with E-state index in [-0.39, 0.29) is 11.8 Å². The van der Waals surface area contributed by atoms with Gasteiger partial charge in [-0.1, -0.05) is 49.3 Å². The second-order valence-corrected chi connectivity index (χ2v) is 8.11. The fourth-order valence-electron chi connectivity index (χ4n) is 3.35. The van der Waals surface area contributed by atoms with Gasteiger partial charge in [0.2, 0.25) is 5.91 Å². The third-order valence-electron chi connectivity index (χ3n) is 5.25. The maximum Gasteiger partial charge on any atom is 0.251 e. The van der Waals surface area contributed by atoms with Crippen LogP contribution < -0.4 is 5.32 Å². The van der Waals surface area contributed by atoms with E-state index in [1.165, 1.54) is 24.3 Å². The van der Waals surface area contributed by atoms with Crippen LogP contribution in [0.3, 0.4) is 0 Å². The van der Waals surface area contributed by atoms with E-state index in [0.717, 1.165) is 17.0 Å². The first-order chi connectivity index (χ1) is 15.3. The Hall–Kier alpha value is -3.48. The summed E-state index contributed by atoms with van der Waals surface area (Å²) in [5, 5.41) is 6.89. The van der Waals surface area contributed by atoms with Crippen molar-refractivity contribution in [3.05, 3.63) is 77.8 Å². The number of rotatable bonds is 9. The molecule has 0 saturated heterocycles. The van der Waals surface area contributed by atoms with E-state index in [9.17, 15) is 14.0 Å². The van der Waals surface area contributed by atoms with E-state index >= 15 is 0 Å². The Morgan fingerprint density at radius 3 is 2.44 bits per heavy atom. The topological polar surface area (TPSA) is 75.4 Å². The van der Waals surface area contributed by atoms with Crippen LogP contribution in [0.4, 0.5) is 4.39 Å². The van der Waals surface area contributed by atoms with E-state index in [1.807, 2.05) is 50.2 Å². The van der Waals surface area contributed by atoms with Gasteiger partial charge < -0.3 is 14.7 Å². The lowest BCUT2D eigenvalue weighted by atomic mass is 10.0. The lowest BCUT2D eigenvalue weighted by Crippen LogP contribution is -2.50. The average Bonchev–Trinajstić information content (AvgIpc) is 3.26. The van der Waals surface area contributed by atoms with Crippen LogP contribution in [0.1, 0.15) is 36.4 Å². The second kappa shape index (κ2) is 10.7. The molecular weight excluding hydrogens is 409 g/mol. The minimum absolute atomic E-state index is 0.1000. The maximum absolute atomic E-state index is 13.1. The number of nitrogens with one attached hydrogen (secondary N) is 1. The van der Waals surface area contributed by atoms with Crippen molar-refractivity contribution in [3.8, 4) is 11.3 Å². The smallest absolute Gasteiger partial charge is 0.251 e. The predicted octanol–water partition coefficient (Wildman–Crippen LogP) is 4.33. The highest BCUT2D eigenvalue weighted by molar-refractivity contribution is 5.97. The van der Waals surface area contributed by atoms with Crippen molar-refractivity contribution >= 4 is 11.8 Å². The summed E-state index contributed by atoms with van der Waals surface area (Å²) in [6, 6.07) is 16.3. The number of aromatic nitrogens is 1. The molecule has 1 atom stereocenters. The summed E-state index contributed by atoms with van der Waals surface area (Å²) >= 11 is 0. The van der Waals surface area contributed by atoms with Crippen LogP contribution in [0.15, 0.2) is 65.2 Å². The lowest BCUT2D eigenvalue weighted by Gasteiger charge is -2.27. The Balaban J connectivity index is 1.53. The Morgan fingerprint density at radius 2 is 1.78 bits per heavy atom. The summed E-state index contributed by atoms with van der Waals surface area (Å²) < 4.78 is 18.5. The molecule has 0 aliphatic rings. The molecule has 3 aromatic rings. The van der Waals surface area contributed by atoms with E-state index in [0.29, 0.717) is 24.9 Å². The average molecular weight is 438 g/mol. The number of carbonyl (C=O) groups excluding carboxylic acids is 2. The molecule has 0 saturated carbocycles. The minimum atomic E-state index is -0.674. The van der Waals surface area contributed by atoms with Crippen molar-refractivity contribution in [2.75, 3.05) is 13.6 Å². The summed E-state index contributed by atoms with van der Waals surface area (Å²) in [7, 11) is 1.72. The molecule has 0 aliphatic heterocycles. The molecule has 3 rings (SSSR count). The fraction of sp³-hybridized carbons (Fsp3) is 0.320. The third kappa shape index (κ3) is 6.03. The van der Waals surface area contributed by atoms with Crippen LogP contribution in [-0.2, 0) is 11.2 Å². The SMILES string of the molecule is CC(C)[C@H](NC(=O)c1ccc(F)cc1)C(=O)N(C)CCCc1cc(-c2ccccc2)no1. The zero-order valence-electron chi connectivity index (χ0n) is 18.5. The van der Waals surface area contributed by atoms with E-state index in [2.05, 4.69) is 10.5 Å². The van der Waals surface area contributed by atoms with Crippen LogP contribution in [0.5, 0.6) is 0 Å². The molecule has 0 radical (unpaired) electrons. The van der Waals surface area contributed by atoms with E-state index < -0.39 is 17.8 Å². The summed E-state index contributed by atoms with van der Waals surface area (Å²) in [4.78, 5) is 27.1. The quantitative estimate of drug-likeness (QED) is 0.541.